The van der Waals surface area contributed by atoms with Gasteiger partial charge in [0, 0.05) is 5.39 Å². The highest BCUT2D eigenvalue weighted by atomic mass is 32.2. The van der Waals surface area contributed by atoms with Crippen molar-refractivity contribution in [3.05, 3.63) is 48.6 Å². The summed E-state index contributed by atoms with van der Waals surface area (Å²) in [7, 11) is -3.56. The summed E-state index contributed by atoms with van der Waals surface area (Å²) < 4.78 is 31.7. The van der Waals surface area contributed by atoms with Crippen molar-refractivity contribution in [2.24, 2.45) is 0 Å². The fraction of sp³-hybridized carbons (Fsp3) is 0.188. The Morgan fingerprint density at radius 2 is 1.96 bits per heavy atom. The molecule has 0 aliphatic carbocycles. The predicted octanol–water partition coefficient (Wildman–Crippen LogP) is 1.43. The lowest BCUT2D eigenvalue weighted by atomic mass is 10.1. The molecule has 1 aliphatic rings. The third-order valence-electron chi connectivity index (χ3n) is 3.69. The van der Waals surface area contributed by atoms with Gasteiger partial charge in [-0.25, -0.2) is 13.9 Å². The Morgan fingerprint density at radius 3 is 2.71 bits per heavy atom. The van der Waals surface area contributed by atoms with Crippen LogP contribution in [0.25, 0.3) is 10.8 Å². The smallest absolute Gasteiger partial charge is 0.269 e. The van der Waals surface area contributed by atoms with E-state index in [0.29, 0.717) is 10.6 Å². The second-order valence-electron chi connectivity index (χ2n) is 5.19. The van der Waals surface area contributed by atoms with Gasteiger partial charge in [-0.3, -0.25) is 14.3 Å². The molecule has 0 radical (unpaired) electrons. The van der Waals surface area contributed by atoms with Gasteiger partial charge in [0.25, 0.3) is 15.9 Å². The first-order valence-electron chi connectivity index (χ1n) is 7.26. The highest BCUT2D eigenvalue weighted by Gasteiger charge is 2.34. The molecule has 7 nitrogen and oxygen atoms in total. The van der Waals surface area contributed by atoms with Crippen LogP contribution >= 0.6 is 0 Å². The fourth-order valence-corrected chi connectivity index (χ4v) is 4.31. The number of benzene rings is 2. The number of rotatable bonds is 6. The van der Waals surface area contributed by atoms with Crippen LogP contribution in [0.1, 0.15) is 0 Å². The Kier molecular flexibility index (Phi) is 4.52. The average molecular weight is 348 g/mol. The van der Waals surface area contributed by atoms with E-state index in [1.807, 2.05) is 18.2 Å². The summed E-state index contributed by atoms with van der Waals surface area (Å²) in [4.78, 5) is 11.1. The molecule has 2 N–H and O–H groups in total. The first-order valence-corrected chi connectivity index (χ1v) is 8.70. The number of hydrogen-bond donors (Lipinski definition) is 2. The molecule has 8 heteroatoms. The molecular formula is C16H16N2O5S. The van der Waals surface area contributed by atoms with Gasteiger partial charge in [0.05, 0.1) is 23.7 Å². The van der Waals surface area contributed by atoms with E-state index in [1.165, 1.54) is 9.79 Å². The molecule has 0 saturated carbocycles. The highest BCUT2D eigenvalue weighted by Crippen LogP contribution is 2.41. The molecule has 126 valence electrons. The van der Waals surface area contributed by atoms with Crippen LogP contribution in [0.4, 0.5) is 5.69 Å². The number of nitrogens with zero attached hydrogens (tertiary/aromatic N) is 1. The molecule has 0 atom stereocenters. The average Bonchev–Trinajstić information content (AvgIpc) is 2.80. The van der Waals surface area contributed by atoms with Gasteiger partial charge in [0.15, 0.2) is 0 Å². The van der Waals surface area contributed by atoms with Gasteiger partial charge in [0.1, 0.15) is 6.61 Å². The minimum absolute atomic E-state index is 0.137. The molecule has 24 heavy (non-hydrogen) atoms. The molecule has 0 aromatic heterocycles. The maximum absolute atomic E-state index is 12.7. The van der Waals surface area contributed by atoms with Gasteiger partial charge in [-0.15, -0.1) is 0 Å². The zero-order chi connectivity index (χ0) is 17.2. The Labute approximate surface area is 139 Å². The zero-order valence-corrected chi connectivity index (χ0v) is 13.5. The van der Waals surface area contributed by atoms with E-state index in [1.54, 1.807) is 30.4 Å². The van der Waals surface area contributed by atoms with Crippen LogP contribution < -0.4 is 9.79 Å². The summed E-state index contributed by atoms with van der Waals surface area (Å²) in [5, 5.41) is 9.95. The largest absolute Gasteiger partial charge is 0.368 e. The van der Waals surface area contributed by atoms with E-state index < -0.39 is 15.9 Å². The molecule has 0 saturated heterocycles. The van der Waals surface area contributed by atoms with Gasteiger partial charge < -0.3 is 4.74 Å². The second-order valence-corrected chi connectivity index (χ2v) is 7.02. The Balaban J connectivity index is 1.74. The van der Waals surface area contributed by atoms with Crippen LogP contribution in [-0.2, 0) is 19.6 Å². The molecule has 0 unspecified atom stereocenters. The number of anilines is 1. The lowest BCUT2D eigenvalue weighted by Gasteiger charge is -2.16. The minimum Gasteiger partial charge on any atom is -0.368 e. The van der Waals surface area contributed by atoms with E-state index >= 15 is 0 Å². The van der Waals surface area contributed by atoms with E-state index in [2.05, 4.69) is 0 Å². The number of ether oxygens (including phenoxy) is 1. The topological polar surface area (TPSA) is 95.9 Å². The third-order valence-corrected chi connectivity index (χ3v) is 5.51. The number of nitrogens with one attached hydrogen (secondary N) is 1. The number of hydrogen-bond acceptors (Lipinski definition) is 5. The third kappa shape index (κ3) is 2.86. The molecule has 2 aromatic rings. The van der Waals surface area contributed by atoms with Crippen LogP contribution in [-0.4, -0.2) is 39.3 Å². The van der Waals surface area contributed by atoms with Crippen molar-refractivity contribution in [2.75, 3.05) is 24.1 Å². The van der Waals surface area contributed by atoms with Gasteiger partial charge >= 0.3 is 0 Å². The first-order chi connectivity index (χ1) is 11.6. The molecule has 0 spiro atoms. The highest BCUT2D eigenvalue weighted by molar-refractivity contribution is 7.93. The molecular weight excluding hydrogens is 332 g/mol. The van der Waals surface area contributed by atoms with Crippen LogP contribution in [0.2, 0.25) is 0 Å². The number of sulfonamides is 1. The Morgan fingerprint density at radius 1 is 1.21 bits per heavy atom. The van der Waals surface area contributed by atoms with Gasteiger partial charge in [-0.1, -0.05) is 36.4 Å². The predicted molar refractivity (Wildman–Crippen MR) is 88.4 cm³/mol. The summed E-state index contributed by atoms with van der Waals surface area (Å²) in [6, 6.07) is 10.7. The van der Waals surface area contributed by atoms with E-state index in [4.69, 9.17) is 9.94 Å². The molecule has 1 amide bonds. The fourth-order valence-electron chi connectivity index (χ4n) is 2.65. The van der Waals surface area contributed by atoms with Gasteiger partial charge in [0.2, 0.25) is 0 Å². The first kappa shape index (κ1) is 16.4. The zero-order valence-electron chi connectivity index (χ0n) is 12.7. The van der Waals surface area contributed by atoms with Gasteiger partial charge in [-0.2, -0.15) is 0 Å². The van der Waals surface area contributed by atoms with Crippen LogP contribution in [0.15, 0.2) is 53.4 Å². The monoisotopic (exact) mass is 348 g/mol. The molecule has 0 bridgehead atoms. The van der Waals surface area contributed by atoms with Crippen molar-refractivity contribution in [2.45, 2.75) is 4.90 Å². The Hall–Kier alpha value is -2.42. The van der Waals surface area contributed by atoms with E-state index in [-0.39, 0.29) is 19.8 Å². The molecule has 2 aromatic carbocycles. The summed E-state index contributed by atoms with van der Waals surface area (Å²) in [6.45, 7) is 0.0394. The summed E-state index contributed by atoms with van der Waals surface area (Å²) in [5.74, 6) is -0.646. The van der Waals surface area contributed by atoms with Crippen molar-refractivity contribution < 1.29 is 23.2 Å². The van der Waals surface area contributed by atoms with Crippen LogP contribution in [0.3, 0.4) is 0 Å². The maximum Gasteiger partial charge on any atom is 0.269 e. The summed E-state index contributed by atoms with van der Waals surface area (Å²) in [5.41, 5.74) is 2.12. The summed E-state index contributed by atoms with van der Waals surface area (Å²) >= 11 is 0. The van der Waals surface area contributed by atoms with Crippen molar-refractivity contribution in [1.29, 1.82) is 0 Å². The lowest BCUT2D eigenvalue weighted by Crippen LogP contribution is -2.27. The molecule has 1 heterocycles. The van der Waals surface area contributed by atoms with Gasteiger partial charge in [-0.05, 0) is 17.5 Å². The van der Waals surface area contributed by atoms with Crippen LogP contribution in [0.5, 0.6) is 0 Å². The van der Waals surface area contributed by atoms with Crippen molar-refractivity contribution in [3.8, 4) is 0 Å². The molecule has 3 rings (SSSR count). The van der Waals surface area contributed by atoms with E-state index in [9.17, 15) is 13.2 Å². The quantitative estimate of drug-likeness (QED) is 0.356. The normalized spacial score (nSPS) is 15.3. The lowest BCUT2D eigenvalue weighted by molar-refractivity contribution is -0.133. The minimum atomic E-state index is -3.56. The Bertz CT molecular complexity index is 903. The summed E-state index contributed by atoms with van der Waals surface area (Å²) in [6.07, 6.45) is 3.29. The molecule has 1 aliphatic heterocycles. The number of amides is 1. The van der Waals surface area contributed by atoms with Crippen molar-refractivity contribution in [1.82, 2.24) is 5.48 Å². The number of carbonyl (C=O) groups excluding carboxylic acids is 1. The maximum atomic E-state index is 12.7. The second kappa shape index (κ2) is 6.60. The standard InChI is InChI=1S/C16H16N2O5S/c19-15(17-20)11-23-10-2-1-9-18-13-7-3-5-12-6-4-8-14(16(12)13)24(18,21)22/h1-8,20H,9-11H2,(H,17,19)/b2-1-. The SMILES string of the molecule is O=C(COC/C=C\CN1c2cccc3cccc(c23)S1(=O)=O)NO. The van der Waals surface area contributed by atoms with Crippen molar-refractivity contribution >= 4 is 32.4 Å². The van der Waals surface area contributed by atoms with Crippen LogP contribution in [0, 0.1) is 0 Å². The number of hydroxylamine groups is 1. The number of carbonyl (C=O) groups is 1. The van der Waals surface area contributed by atoms with Crippen molar-refractivity contribution in [3.63, 3.8) is 0 Å². The van der Waals surface area contributed by atoms with E-state index in [0.717, 1.165) is 10.8 Å². The molecule has 0 fully saturated rings.